The lowest BCUT2D eigenvalue weighted by atomic mass is 10.1. The highest BCUT2D eigenvalue weighted by Gasteiger charge is 2.14. The third kappa shape index (κ3) is 4.74. The van der Waals surface area contributed by atoms with E-state index in [1.807, 2.05) is 20.8 Å². The number of nitrogens with one attached hydrogen (secondary N) is 2. The number of nitro groups is 1. The predicted molar refractivity (Wildman–Crippen MR) is 77.7 cm³/mol. The number of hydrogen-bond donors (Lipinski definition) is 2. The van der Waals surface area contributed by atoms with Gasteiger partial charge in [0.2, 0.25) is 5.96 Å². The molecule has 0 aliphatic heterocycles. The highest BCUT2D eigenvalue weighted by Crippen LogP contribution is 2.27. The molecule has 0 heterocycles. The number of nitro benzene ring substituents is 1. The molecule has 1 aromatic carbocycles. The Morgan fingerprint density at radius 1 is 1.50 bits per heavy atom. The van der Waals surface area contributed by atoms with E-state index < -0.39 is 10.5 Å². The summed E-state index contributed by atoms with van der Waals surface area (Å²) in [5, 5.41) is 24.6. The van der Waals surface area contributed by atoms with Crippen LogP contribution in [0.5, 0.6) is 0 Å². The maximum atomic E-state index is 10.7. The molecule has 8 heteroatoms. The summed E-state index contributed by atoms with van der Waals surface area (Å²) < 4.78 is 0. The molecule has 1 rings (SSSR count). The van der Waals surface area contributed by atoms with Crippen LogP contribution < -0.4 is 10.6 Å². The number of nitrogens with zero attached hydrogens (tertiary/aromatic N) is 3. The SMILES string of the molecule is CC(C)(C)/N=C(/NC#N)Nc1ccc([N+](=O)[O-])c(Cl)c1. The Hall–Kier alpha value is -2.33. The monoisotopic (exact) mass is 295 g/mol. The zero-order chi connectivity index (χ0) is 15.3. The number of guanidine groups is 1. The van der Waals surface area contributed by atoms with Crippen LogP contribution in [0.2, 0.25) is 5.02 Å². The summed E-state index contributed by atoms with van der Waals surface area (Å²) in [6, 6.07) is 4.17. The zero-order valence-corrected chi connectivity index (χ0v) is 12.0. The van der Waals surface area contributed by atoms with Crippen LogP contribution in [0, 0.1) is 21.6 Å². The van der Waals surface area contributed by atoms with Crippen molar-refractivity contribution in [3.05, 3.63) is 33.3 Å². The molecule has 1 aromatic rings. The molecule has 20 heavy (non-hydrogen) atoms. The molecular formula is C12H14ClN5O2. The van der Waals surface area contributed by atoms with E-state index in [2.05, 4.69) is 15.6 Å². The minimum atomic E-state index is -0.566. The van der Waals surface area contributed by atoms with Crippen molar-refractivity contribution in [3.63, 3.8) is 0 Å². The predicted octanol–water partition coefficient (Wildman–Crippen LogP) is 2.89. The third-order valence-electron chi connectivity index (χ3n) is 2.03. The van der Waals surface area contributed by atoms with Gasteiger partial charge in [0.05, 0.1) is 10.5 Å². The van der Waals surface area contributed by atoms with E-state index in [1.54, 1.807) is 6.19 Å². The Labute approximate surface area is 121 Å². The summed E-state index contributed by atoms with van der Waals surface area (Å²) in [5.41, 5.74) is -0.0809. The van der Waals surface area contributed by atoms with Gasteiger partial charge in [-0.2, -0.15) is 5.26 Å². The Bertz CT molecular complexity index is 586. The molecule has 0 saturated heterocycles. The normalized spacial score (nSPS) is 11.7. The summed E-state index contributed by atoms with van der Waals surface area (Å²) >= 11 is 5.81. The largest absolute Gasteiger partial charge is 0.325 e. The standard InChI is InChI=1S/C12H14ClN5O2/c1-12(2,3)17-11(15-7-14)16-8-4-5-10(18(19)20)9(13)6-8/h4-6H,1-3H3,(H2,15,16,17). The summed E-state index contributed by atoms with van der Waals surface area (Å²) in [5.74, 6) is 0.241. The second-order valence-electron chi connectivity index (χ2n) is 4.92. The van der Waals surface area contributed by atoms with Crippen LogP contribution in [0.4, 0.5) is 11.4 Å². The minimum absolute atomic E-state index is 0.00654. The number of halogens is 1. The van der Waals surface area contributed by atoms with E-state index in [4.69, 9.17) is 16.9 Å². The van der Waals surface area contributed by atoms with Crippen molar-refractivity contribution in [3.8, 4) is 6.19 Å². The van der Waals surface area contributed by atoms with Crippen LogP contribution in [0.1, 0.15) is 20.8 Å². The number of hydrogen-bond acceptors (Lipinski definition) is 4. The van der Waals surface area contributed by atoms with Crippen molar-refractivity contribution in [1.29, 1.82) is 5.26 Å². The number of nitriles is 1. The highest BCUT2D eigenvalue weighted by atomic mass is 35.5. The Balaban J connectivity index is 3.02. The van der Waals surface area contributed by atoms with Crippen molar-refractivity contribution in [2.45, 2.75) is 26.3 Å². The van der Waals surface area contributed by atoms with Crippen LogP contribution in [0.3, 0.4) is 0 Å². The lowest BCUT2D eigenvalue weighted by Gasteiger charge is -2.16. The molecule has 0 fully saturated rings. The first-order valence-electron chi connectivity index (χ1n) is 5.69. The summed E-state index contributed by atoms with van der Waals surface area (Å²) in [6.07, 6.45) is 1.77. The highest BCUT2D eigenvalue weighted by molar-refractivity contribution is 6.33. The van der Waals surface area contributed by atoms with Gasteiger partial charge < -0.3 is 5.32 Å². The van der Waals surface area contributed by atoms with Gasteiger partial charge in [-0.05, 0) is 32.9 Å². The van der Waals surface area contributed by atoms with Crippen molar-refractivity contribution in [2.24, 2.45) is 4.99 Å². The van der Waals surface area contributed by atoms with Crippen LogP contribution >= 0.6 is 11.6 Å². The first kappa shape index (κ1) is 15.7. The fraction of sp³-hybridized carbons (Fsp3) is 0.333. The van der Waals surface area contributed by atoms with Gasteiger partial charge in [0.1, 0.15) is 5.02 Å². The Kier molecular flexibility index (Phi) is 4.88. The van der Waals surface area contributed by atoms with E-state index in [-0.39, 0.29) is 16.7 Å². The molecule has 0 unspecified atom stereocenters. The smallest absolute Gasteiger partial charge is 0.288 e. The topological polar surface area (TPSA) is 103 Å². The first-order valence-corrected chi connectivity index (χ1v) is 6.06. The second kappa shape index (κ2) is 6.21. The molecule has 2 N–H and O–H groups in total. The maximum absolute atomic E-state index is 10.7. The van der Waals surface area contributed by atoms with Crippen molar-refractivity contribution in [2.75, 3.05) is 5.32 Å². The van der Waals surface area contributed by atoms with Gasteiger partial charge >= 0.3 is 0 Å². The van der Waals surface area contributed by atoms with Crippen LogP contribution in [-0.4, -0.2) is 16.4 Å². The number of anilines is 1. The molecule has 0 aromatic heterocycles. The van der Waals surface area contributed by atoms with E-state index in [1.165, 1.54) is 18.2 Å². The third-order valence-corrected chi connectivity index (χ3v) is 2.33. The van der Waals surface area contributed by atoms with Crippen LogP contribution in [0.15, 0.2) is 23.2 Å². The second-order valence-corrected chi connectivity index (χ2v) is 5.32. The summed E-state index contributed by atoms with van der Waals surface area (Å²) in [7, 11) is 0. The molecular weight excluding hydrogens is 282 g/mol. The number of benzene rings is 1. The zero-order valence-electron chi connectivity index (χ0n) is 11.3. The molecule has 7 nitrogen and oxygen atoms in total. The van der Waals surface area contributed by atoms with Gasteiger partial charge in [-0.15, -0.1) is 0 Å². The van der Waals surface area contributed by atoms with Gasteiger partial charge in [0.25, 0.3) is 5.69 Å². The van der Waals surface area contributed by atoms with Crippen LogP contribution in [0.25, 0.3) is 0 Å². The summed E-state index contributed by atoms with van der Waals surface area (Å²) in [6.45, 7) is 5.61. The van der Waals surface area contributed by atoms with Crippen molar-refractivity contribution in [1.82, 2.24) is 5.32 Å². The Morgan fingerprint density at radius 2 is 2.15 bits per heavy atom. The van der Waals surface area contributed by atoms with E-state index in [0.717, 1.165) is 0 Å². The average molecular weight is 296 g/mol. The van der Waals surface area contributed by atoms with Gasteiger partial charge in [0, 0.05) is 11.8 Å². The molecule has 0 saturated carbocycles. The molecule has 0 amide bonds. The van der Waals surface area contributed by atoms with Gasteiger partial charge in [-0.3, -0.25) is 15.4 Å². The average Bonchev–Trinajstić information content (AvgIpc) is 2.26. The molecule has 106 valence electrons. The van der Waals surface area contributed by atoms with E-state index in [9.17, 15) is 10.1 Å². The molecule has 0 radical (unpaired) electrons. The number of rotatable bonds is 2. The minimum Gasteiger partial charge on any atom is -0.325 e. The Morgan fingerprint density at radius 3 is 2.60 bits per heavy atom. The molecule has 0 aliphatic rings. The first-order chi connectivity index (χ1) is 9.23. The van der Waals surface area contributed by atoms with Crippen molar-refractivity contribution >= 4 is 28.9 Å². The maximum Gasteiger partial charge on any atom is 0.288 e. The fourth-order valence-electron chi connectivity index (χ4n) is 1.34. The summed E-state index contributed by atoms with van der Waals surface area (Å²) in [4.78, 5) is 14.4. The molecule has 0 spiro atoms. The van der Waals surface area contributed by atoms with Gasteiger partial charge in [-0.1, -0.05) is 11.6 Å². The fourth-order valence-corrected chi connectivity index (χ4v) is 1.59. The van der Waals surface area contributed by atoms with Crippen LogP contribution in [-0.2, 0) is 0 Å². The number of aliphatic imine (C=N–C) groups is 1. The van der Waals surface area contributed by atoms with Gasteiger partial charge in [0.15, 0.2) is 6.19 Å². The molecule has 0 bridgehead atoms. The molecule has 0 aliphatic carbocycles. The van der Waals surface area contributed by atoms with Crippen molar-refractivity contribution < 1.29 is 4.92 Å². The van der Waals surface area contributed by atoms with E-state index >= 15 is 0 Å². The quantitative estimate of drug-likeness (QED) is 0.218. The lowest BCUT2D eigenvalue weighted by molar-refractivity contribution is -0.384. The lowest BCUT2D eigenvalue weighted by Crippen LogP contribution is -2.30. The van der Waals surface area contributed by atoms with E-state index in [0.29, 0.717) is 5.69 Å². The van der Waals surface area contributed by atoms with Gasteiger partial charge in [-0.25, -0.2) is 4.99 Å². The molecule has 0 atom stereocenters.